The molecule has 1 aromatic heterocycles. The molecular weight excluding hydrogens is 312 g/mol. The molecule has 25 heavy (non-hydrogen) atoms. The van der Waals surface area contributed by atoms with Gasteiger partial charge in [-0.2, -0.15) is 0 Å². The van der Waals surface area contributed by atoms with Crippen LogP contribution < -0.4 is 4.74 Å². The maximum absolute atomic E-state index is 5.83. The Morgan fingerprint density at radius 1 is 1.16 bits per heavy atom. The molecule has 1 fully saturated rings. The molecule has 0 radical (unpaired) electrons. The van der Waals surface area contributed by atoms with Gasteiger partial charge < -0.3 is 9.47 Å². The fraction of sp³-hybridized carbons (Fsp3) is 0.381. The second-order valence-corrected chi connectivity index (χ2v) is 6.80. The second-order valence-electron chi connectivity index (χ2n) is 6.80. The van der Waals surface area contributed by atoms with Gasteiger partial charge in [-0.1, -0.05) is 36.4 Å². The number of hydrogen-bond acceptors (Lipinski definition) is 4. The molecule has 3 heterocycles. The van der Waals surface area contributed by atoms with E-state index in [0.29, 0.717) is 18.0 Å². The molecule has 0 saturated carbocycles. The predicted octanol–water partition coefficient (Wildman–Crippen LogP) is 3.46. The smallest absolute Gasteiger partial charge is 0.213 e. The van der Waals surface area contributed by atoms with Gasteiger partial charge in [0.05, 0.1) is 26.4 Å². The van der Waals surface area contributed by atoms with Gasteiger partial charge in [-0.3, -0.25) is 4.90 Å². The molecule has 2 bridgehead atoms. The van der Waals surface area contributed by atoms with Crippen molar-refractivity contribution in [3.05, 3.63) is 65.4 Å². The molecule has 2 aliphatic rings. The summed E-state index contributed by atoms with van der Waals surface area (Å²) in [5.74, 6) is 0.673. The van der Waals surface area contributed by atoms with E-state index in [1.807, 2.05) is 6.07 Å². The van der Waals surface area contributed by atoms with Gasteiger partial charge >= 0.3 is 0 Å². The first-order valence-corrected chi connectivity index (χ1v) is 8.84. The maximum Gasteiger partial charge on any atom is 0.213 e. The van der Waals surface area contributed by atoms with Crippen LogP contribution in [-0.4, -0.2) is 42.3 Å². The van der Waals surface area contributed by atoms with Crippen LogP contribution in [0, 0.1) is 6.92 Å². The quantitative estimate of drug-likeness (QED) is 0.856. The molecule has 4 heteroatoms. The Hall–Kier alpha value is -2.17. The number of benzene rings is 1. The average Bonchev–Trinajstić information content (AvgIpc) is 2.62. The summed E-state index contributed by atoms with van der Waals surface area (Å²) in [5.41, 5.74) is 5.01. The van der Waals surface area contributed by atoms with Crippen LogP contribution in [0.3, 0.4) is 0 Å². The molecule has 0 amide bonds. The highest BCUT2D eigenvalue weighted by Gasteiger charge is 2.35. The highest BCUT2D eigenvalue weighted by molar-refractivity contribution is 5.69. The third kappa shape index (κ3) is 3.32. The molecule has 4 nitrogen and oxygen atoms in total. The fourth-order valence-corrected chi connectivity index (χ4v) is 3.89. The topological polar surface area (TPSA) is 34.6 Å². The van der Waals surface area contributed by atoms with E-state index >= 15 is 0 Å². The van der Waals surface area contributed by atoms with E-state index in [-0.39, 0.29) is 0 Å². The molecule has 130 valence electrons. The van der Waals surface area contributed by atoms with Crippen molar-refractivity contribution in [1.82, 2.24) is 9.88 Å². The molecular formula is C21H24N2O2. The predicted molar refractivity (Wildman–Crippen MR) is 98.5 cm³/mol. The Kier molecular flexibility index (Phi) is 4.55. The molecule has 2 atom stereocenters. The van der Waals surface area contributed by atoms with Crippen LogP contribution in [0.5, 0.6) is 5.88 Å². The van der Waals surface area contributed by atoms with Gasteiger partial charge in [-0.25, -0.2) is 4.98 Å². The Morgan fingerprint density at radius 3 is 2.72 bits per heavy atom. The third-order valence-corrected chi connectivity index (χ3v) is 5.17. The first-order valence-electron chi connectivity index (χ1n) is 8.84. The first-order chi connectivity index (χ1) is 12.2. The molecule has 1 aromatic carbocycles. The van der Waals surface area contributed by atoms with Gasteiger partial charge in [0.25, 0.3) is 0 Å². The fourth-order valence-electron chi connectivity index (χ4n) is 3.89. The number of rotatable bonds is 4. The lowest BCUT2D eigenvalue weighted by Crippen LogP contribution is -2.53. The lowest BCUT2D eigenvalue weighted by Gasteiger charge is -2.45. The lowest BCUT2D eigenvalue weighted by molar-refractivity contribution is -0.0402. The van der Waals surface area contributed by atoms with Crippen LogP contribution in [0.15, 0.2) is 48.5 Å². The molecule has 0 spiro atoms. The number of methoxy groups -OCH3 is 1. The minimum Gasteiger partial charge on any atom is -0.481 e. The van der Waals surface area contributed by atoms with E-state index in [4.69, 9.17) is 9.47 Å². The second kappa shape index (κ2) is 6.98. The SMILES string of the molecule is COc1ccc(C2=CC3COCC(C2)N3Cc2ccccc2)c(C)n1. The molecule has 0 N–H and O–H groups in total. The van der Waals surface area contributed by atoms with Gasteiger partial charge in [-0.05, 0) is 36.1 Å². The van der Waals surface area contributed by atoms with Gasteiger partial charge in [0, 0.05) is 24.3 Å². The van der Waals surface area contributed by atoms with Gasteiger partial charge in [0.2, 0.25) is 5.88 Å². The van der Waals surface area contributed by atoms with E-state index in [1.54, 1.807) is 7.11 Å². The number of aryl methyl sites for hydroxylation is 1. The highest BCUT2D eigenvalue weighted by Crippen LogP contribution is 2.34. The number of ether oxygens (including phenoxy) is 2. The molecule has 2 aliphatic heterocycles. The summed E-state index contributed by atoms with van der Waals surface area (Å²) < 4.78 is 11.1. The van der Waals surface area contributed by atoms with Crippen molar-refractivity contribution in [3.8, 4) is 5.88 Å². The van der Waals surface area contributed by atoms with Crippen molar-refractivity contribution in [2.24, 2.45) is 0 Å². The number of fused-ring (bicyclic) bond motifs is 2. The summed E-state index contributed by atoms with van der Waals surface area (Å²) in [6.45, 7) is 4.59. The Morgan fingerprint density at radius 2 is 2.00 bits per heavy atom. The molecule has 4 rings (SSSR count). The molecule has 1 saturated heterocycles. The zero-order valence-electron chi connectivity index (χ0n) is 14.8. The highest BCUT2D eigenvalue weighted by atomic mass is 16.5. The van der Waals surface area contributed by atoms with Crippen molar-refractivity contribution >= 4 is 5.57 Å². The van der Waals surface area contributed by atoms with E-state index in [0.717, 1.165) is 31.9 Å². The van der Waals surface area contributed by atoms with Gasteiger partial charge in [-0.15, -0.1) is 0 Å². The Bertz CT molecular complexity index is 773. The minimum atomic E-state index is 0.323. The number of aromatic nitrogens is 1. The summed E-state index contributed by atoms with van der Waals surface area (Å²) in [7, 11) is 1.66. The monoisotopic (exact) mass is 336 g/mol. The molecule has 2 aromatic rings. The summed E-state index contributed by atoms with van der Waals surface area (Å²) in [6.07, 6.45) is 3.37. The average molecular weight is 336 g/mol. The Balaban J connectivity index is 1.61. The Labute approximate surface area is 149 Å². The summed E-state index contributed by atoms with van der Waals surface area (Å²) >= 11 is 0. The van der Waals surface area contributed by atoms with Crippen molar-refractivity contribution in [2.45, 2.75) is 32.0 Å². The molecule has 2 unspecified atom stereocenters. The van der Waals surface area contributed by atoms with Crippen molar-refractivity contribution in [3.63, 3.8) is 0 Å². The summed E-state index contributed by atoms with van der Waals surface area (Å²) in [4.78, 5) is 7.12. The number of morpholine rings is 1. The molecule has 0 aliphatic carbocycles. The summed E-state index contributed by atoms with van der Waals surface area (Å²) in [6, 6.07) is 15.5. The zero-order chi connectivity index (χ0) is 17.2. The van der Waals surface area contributed by atoms with E-state index in [1.165, 1.54) is 16.7 Å². The van der Waals surface area contributed by atoms with Crippen LogP contribution >= 0.6 is 0 Å². The normalized spacial score (nSPS) is 23.2. The van der Waals surface area contributed by atoms with E-state index < -0.39 is 0 Å². The van der Waals surface area contributed by atoms with Crippen LogP contribution in [0.2, 0.25) is 0 Å². The van der Waals surface area contributed by atoms with Gasteiger partial charge in [0.1, 0.15) is 0 Å². The maximum atomic E-state index is 5.83. The number of hydrogen-bond donors (Lipinski definition) is 0. The minimum absolute atomic E-state index is 0.323. The van der Waals surface area contributed by atoms with Crippen molar-refractivity contribution < 1.29 is 9.47 Å². The van der Waals surface area contributed by atoms with E-state index in [2.05, 4.69) is 59.3 Å². The van der Waals surface area contributed by atoms with Crippen LogP contribution in [-0.2, 0) is 11.3 Å². The van der Waals surface area contributed by atoms with Crippen molar-refractivity contribution in [2.75, 3.05) is 20.3 Å². The largest absolute Gasteiger partial charge is 0.481 e. The van der Waals surface area contributed by atoms with Crippen LogP contribution in [0.4, 0.5) is 0 Å². The zero-order valence-corrected chi connectivity index (χ0v) is 14.8. The number of nitrogens with zero attached hydrogens (tertiary/aromatic N) is 2. The van der Waals surface area contributed by atoms with Crippen molar-refractivity contribution in [1.29, 1.82) is 0 Å². The summed E-state index contributed by atoms with van der Waals surface area (Å²) in [5, 5.41) is 0. The first kappa shape index (κ1) is 16.3. The van der Waals surface area contributed by atoms with E-state index in [9.17, 15) is 0 Å². The van der Waals surface area contributed by atoms with Crippen LogP contribution in [0.25, 0.3) is 5.57 Å². The number of pyridine rings is 1. The third-order valence-electron chi connectivity index (χ3n) is 5.17. The van der Waals surface area contributed by atoms with Gasteiger partial charge in [0.15, 0.2) is 0 Å². The van der Waals surface area contributed by atoms with Crippen LogP contribution in [0.1, 0.15) is 23.2 Å². The lowest BCUT2D eigenvalue weighted by atomic mass is 9.89. The standard InChI is InChI=1S/C21H24N2O2/c1-15-20(8-9-21(22-15)24-2)17-10-18-13-25-14-19(11-17)23(18)12-16-6-4-3-5-7-16/h3-10,18-19H,11-14H2,1-2H3.